The predicted octanol–water partition coefficient (Wildman–Crippen LogP) is 3.08. The Balaban J connectivity index is 1.69. The summed E-state index contributed by atoms with van der Waals surface area (Å²) in [5, 5.41) is 22.6. The van der Waals surface area contributed by atoms with Gasteiger partial charge in [0.2, 0.25) is 0 Å². The van der Waals surface area contributed by atoms with E-state index in [1.807, 2.05) is 19.1 Å². The van der Waals surface area contributed by atoms with Crippen LogP contribution in [-0.4, -0.2) is 34.6 Å². The summed E-state index contributed by atoms with van der Waals surface area (Å²) in [6.45, 7) is 4.21. The minimum atomic E-state index is 0.123. The summed E-state index contributed by atoms with van der Waals surface area (Å²) in [5.74, 6) is 0.123. The van der Waals surface area contributed by atoms with Crippen molar-refractivity contribution in [1.29, 1.82) is 0 Å². The molecule has 2 aromatic rings. The molecule has 1 aromatic heterocycles. The van der Waals surface area contributed by atoms with Crippen molar-refractivity contribution in [1.82, 2.24) is 15.5 Å². The summed E-state index contributed by atoms with van der Waals surface area (Å²) in [6, 6.07) is 7.62. The van der Waals surface area contributed by atoms with Gasteiger partial charge in [0.25, 0.3) is 0 Å². The smallest absolute Gasteiger partial charge is 0.126 e. The zero-order valence-corrected chi connectivity index (χ0v) is 13.8. The number of aromatic nitrogens is 2. The van der Waals surface area contributed by atoms with Gasteiger partial charge in [-0.25, -0.2) is 0 Å². The average molecular weight is 334 g/mol. The maximum Gasteiger partial charge on any atom is 0.126 e. The van der Waals surface area contributed by atoms with E-state index in [2.05, 4.69) is 15.5 Å². The minimum absolute atomic E-state index is 0.123. The van der Waals surface area contributed by atoms with Crippen LogP contribution in [0.1, 0.15) is 24.1 Å². The molecule has 5 nitrogen and oxygen atoms in total. The highest BCUT2D eigenvalue weighted by Gasteiger charge is 2.14. The third kappa shape index (κ3) is 3.99. The Labute approximate surface area is 140 Å². The summed E-state index contributed by atoms with van der Waals surface area (Å²) >= 11 is 5.94. The number of aromatic hydroxyl groups is 1. The summed E-state index contributed by atoms with van der Waals surface area (Å²) < 4.78 is 5.35. The van der Waals surface area contributed by atoms with E-state index in [9.17, 15) is 5.11 Å². The number of phenolic OH excluding ortho intramolecular Hbond substituents is 1. The standard InChI is InChI=1S/C17H20ClN3O2/c1-11-8-12(18)9-16(22)17(11)15-3-2-14(20-21-15)10-19-13-4-6-23-7-5-13/h2-3,8-9,13,19,22H,4-7,10H2,1H3. The molecule has 0 radical (unpaired) electrons. The first kappa shape index (κ1) is 16.2. The van der Waals surface area contributed by atoms with Gasteiger partial charge in [0, 0.05) is 36.4 Å². The first-order valence-corrected chi connectivity index (χ1v) is 8.14. The van der Waals surface area contributed by atoms with Crippen LogP contribution < -0.4 is 5.32 Å². The summed E-state index contributed by atoms with van der Waals surface area (Å²) in [4.78, 5) is 0. The maximum atomic E-state index is 10.1. The third-order valence-corrected chi connectivity index (χ3v) is 4.27. The monoisotopic (exact) mass is 333 g/mol. The van der Waals surface area contributed by atoms with Crippen molar-refractivity contribution in [3.63, 3.8) is 0 Å². The van der Waals surface area contributed by atoms with E-state index < -0.39 is 0 Å². The van der Waals surface area contributed by atoms with Gasteiger partial charge in [-0.15, -0.1) is 0 Å². The van der Waals surface area contributed by atoms with Crippen molar-refractivity contribution >= 4 is 11.6 Å². The van der Waals surface area contributed by atoms with Crippen molar-refractivity contribution in [3.8, 4) is 17.0 Å². The molecule has 0 bridgehead atoms. The molecule has 0 unspecified atom stereocenters. The number of aryl methyl sites for hydroxylation is 1. The number of phenols is 1. The third-order valence-electron chi connectivity index (χ3n) is 4.05. The molecule has 0 atom stereocenters. The normalized spacial score (nSPS) is 15.7. The molecule has 0 aliphatic carbocycles. The summed E-state index contributed by atoms with van der Waals surface area (Å²) in [6.07, 6.45) is 2.06. The molecular weight excluding hydrogens is 314 g/mol. The molecule has 1 aliphatic rings. The van der Waals surface area contributed by atoms with E-state index in [1.165, 1.54) is 6.07 Å². The number of nitrogens with zero attached hydrogens (tertiary/aromatic N) is 2. The van der Waals surface area contributed by atoms with Crippen molar-refractivity contribution < 1.29 is 9.84 Å². The second kappa shape index (κ2) is 7.25. The molecular formula is C17H20ClN3O2. The molecule has 3 rings (SSSR count). The Kier molecular flexibility index (Phi) is 5.10. The number of ether oxygens (including phenoxy) is 1. The zero-order chi connectivity index (χ0) is 16.2. The topological polar surface area (TPSA) is 67.3 Å². The number of hydrogen-bond donors (Lipinski definition) is 2. The molecule has 2 N–H and O–H groups in total. The van der Waals surface area contributed by atoms with Crippen molar-refractivity contribution in [3.05, 3.63) is 40.5 Å². The van der Waals surface area contributed by atoms with Gasteiger partial charge >= 0.3 is 0 Å². The van der Waals surface area contributed by atoms with E-state index >= 15 is 0 Å². The molecule has 0 amide bonds. The van der Waals surface area contributed by atoms with Crippen LogP contribution in [0, 0.1) is 6.92 Å². The highest BCUT2D eigenvalue weighted by molar-refractivity contribution is 6.31. The first-order valence-electron chi connectivity index (χ1n) is 7.76. The first-order chi connectivity index (χ1) is 11.1. The van der Waals surface area contributed by atoms with Crippen LogP contribution in [0.5, 0.6) is 5.75 Å². The van der Waals surface area contributed by atoms with Crippen LogP contribution in [0.15, 0.2) is 24.3 Å². The van der Waals surface area contributed by atoms with E-state index in [0.717, 1.165) is 37.3 Å². The van der Waals surface area contributed by atoms with Crippen LogP contribution in [0.3, 0.4) is 0 Å². The van der Waals surface area contributed by atoms with Gasteiger partial charge in [-0.3, -0.25) is 0 Å². The molecule has 1 saturated heterocycles. The predicted molar refractivity (Wildman–Crippen MR) is 89.6 cm³/mol. The van der Waals surface area contributed by atoms with Gasteiger partial charge < -0.3 is 15.2 Å². The van der Waals surface area contributed by atoms with E-state index in [1.54, 1.807) is 6.07 Å². The number of benzene rings is 1. The minimum Gasteiger partial charge on any atom is -0.507 e. The molecule has 1 aliphatic heterocycles. The fourth-order valence-electron chi connectivity index (χ4n) is 2.80. The van der Waals surface area contributed by atoms with Crippen molar-refractivity contribution in [2.75, 3.05) is 13.2 Å². The lowest BCUT2D eigenvalue weighted by molar-refractivity contribution is 0.0775. The van der Waals surface area contributed by atoms with Gasteiger partial charge in [-0.2, -0.15) is 10.2 Å². The molecule has 0 spiro atoms. The molecule has 23 heavy (non-hydrogen) atoms. The molecule has 6 heteroatoms. The molecule has 2 heterocycles. The van der Waals surface area contributed by atoms with Crippen LogP contribution >= 0.6 is 11.6 Å². The Bertz CT molecular complexity index is 647. The Hall–Kier alpha value is -1.69. The molecule has 1 fully saturated rings. The van der Waals surface area contributed by atoms with Crippen LogP contribution in [0.25, 0.3) is 11.3 Å². The van der Waals surface area contributed by atoms with Crippen LogP contribution in [0.4, 0.5) is 0 Å². The number of rotatable bonds is 4. The van der Waals surface area contributed by atoms with E-state index in [4.69, 9.17) is 16.3 Å². The van der Waals surface area contributed by atoms with Crippen molar-refractivity contribution in [2.24, 2.45) is 0 Å². The fourth-order valence-corrected chi connectivity index (χ4v) is 3.06. The quantitative estimate of drug-likeness (QED) is 0.900. The van der Waals surface area contributed by atoms with E-state index in [0.29, 0.717) is 28.9 Å². The van der Waals surface area contributed by atoms with Gasteiger partial charge in [0.15, 0.2) is 0 Å². The molecule has 1 aromatic carbocycles. The Morgan fingerprint density at radius 1 is 1.26 bits per heavy atom. The lowest BCUT2D eigenvalue weighted by atomic mass is 10.0. The Morgan fingerprint density at radius 3 is 2.70 bits per heavy atom. The van der Waals surface area contributed by atoms with Gasteiger partial charge in [0.05, 0.1) is 11.4 Å². The second-order valence-corrected chi connectivity index (χ2v) is 6.23. The molecule has 0 saturated carbocycles. The average Bonchev–Trinajstić information content (AvgIpc) is 2.54. The van der Waals surface area contributed by atoms with Crippen molar-refractivity contribution in [2.45, 2.75) is 32.4 Å². The van der Waals surface area contributed by atoms with Crippen LogP contribution in [0.2, 0.25) is 5.02 Å². The second-order valence-electron chi connectivity index (χ2n) is 5.79. The Morgan fingerprint density at radius 2 is 2.04 bits per heavy atom. The highest BCUT2D eigenvalue weighted by atomic mass is 35.5. The van der Waals surface area contributed by atoms with Gasteiger partial charge in [-0.1, -0.05) is 11.6 Å². The zero-order valence-electron chi connectivity index (χ0n) is 13.1. The lowest BCUT2D eigenvalue weighted by Crippen LogP contribution is -2.34. The van der Waals surface area contributed by atoms with Crippen LogP contribution in [-0.2, 0) is 11.3 Å². The summed E-state index contributed by atoms with van der Waals surface area (Å²) in [7, 11) is 0. The highest BCUT2D eigenvalue weighted by Crippen LogP contribution is 2.33. The van der Waals surface area contributed by atoms with Gasteiger partial charge in [0.1, 0.15) is 5.75 Å². The fraction of sp³-hybridized carbons (Fsp3) is 0.412. The van der Waals surface area contributed by atoms with E-state index in [-0.39, 0.29) is 5.75 Å². The number of hydrogen-bond acceptors (Lipinski definition) is 5. The maximum absolute atomic E-state index is 10.1. The SMILES string of the molecule is Cc1cc(Cl)cc(O)c1-c1ccc(CNC2CCOCC2)nn1. The number of halogens is 1. The largest absolute Gasteiger partial charge is 0.507 e. The number of nitrogens with one attached hydrogen (secondary N) is 1. The molecule has 122 valence electrons. The summed E-state index contributed by atoms with van der Waals surface area (Å²) in [5.41, 5.74) is 3.07. The lowest BCUT2D eigenvalue weighted by Gasteiger charge is -2.22. The van der Waals surface area contributed by atoms with Gasteiger partial charge in [-0.05, 0) is 49.6 Å².